The second kappa shape index (κ2) is 10.8. The Morgan fingerprint density at radius 2 is 0.814 bits per heavy atom. The van der Waals surface area contributed by atoms with Crippen molar-refractivity contribution in [3.8, 4) is 33.8 Å². The van der Waals surface area contributed by atoms with Gasteiger partial charge in [-0.3, -0.25) is 0 Å². The highest BCUT2D eigenvalue weighted by Crippen LogP contribution is 2.37. The van der Waals surface area contributed by atoms with Crippen molar-refractivity contribution in [2.24, 2.45) is 0 Å². The summed E-state index contributed by atoms with van der Waals surface area (Å²) in [5.74, 6) is 1.57. The van der Waals surface area contributed by atoms with Crippen LogP contribution in [0, 0.1) is 0 Å². The third-order valence-electron chi connectivity index (χ3n) is 8.66. The molecule has 3 heteroatoms. The van der Waals surface area contributed by atoms with E-state index in [-0.39, 0.29) is 0 Å². The SMILES string of the molecule is c1cc(Nc2cccc(-c3cccc4c3CC4)c2)cc(Oc2cccc(Nc3cccc(-c4cccc5c4CC5)c3)c2)c1. The summed E-state index contributed by atoms with van der Waals surface area (Å²) in [5, 5.41) is 7.15. The fraction of sp³-hybridized carbons (Fsp3) is 0.100. The standard InChI is InChI=1S/C40H32N2O/c1-9-29(37-17-3-7-27-19-21-39(27)37)23-31(11-1)41-33-13-5-15-35(25-33)43-36-16-6-14-34(26-36)42-32-12-2-10-30(24-32)38-18-4-8-28-20-22-40(28)38/h1-18,23-26,41-42H,19-22H2. The van der Waals surface area contributed by atoms with Crippen LogP contribution in [0.15, 0.2) is 133 Å². The predicted molar refractivity (Wildman–Crippen MR) is 178 cm³/mol. The molecule has 0 saturated heterocycles. The maximum atomic E-state index is 6.31. The highest BCUT2D eigenvalue weighted by molar-refractivity contribution is 5.76. The van der Waals surface area contributed by atoms with Gasteiger partial charge >= 0.3 is 0 Å². The molecule has 0 amide bonds. The average molecular weight is 557 g/mol. The van der Waals surface area contributed by atoms with E-state index in [4.69, 9.17) is 4.74 Å². The van der Waals surface area contributed by atoms with Crippen molar-refractivity contribution in [2.45, 2.75) is 25.7 Å². The Balaban J connectivity index is 0.971. The summed E-state index contributed by atoms with van der Waals surface area (Å²) >= 11 is 0. The van der Waals surface area contributed by atoms with E-state index in [2.05, 4.69) is 108 Å². The van der Waals surface area contributed by atoms with Gasteiger partial charge in [0.25, 0.3) is 0 Å². The number of rotatable bonds is 8. The van der Waals surface area contributed by atoms with Gasteiger partial charge in [-0.25, -0.2) is 0 Å². The van der Waals surface area contributed by atoms with Crippen LogP contribution in [0.25, 0.3) is 22.3 Å². The van der Waals surface area contributed by atoms with Crippen LogP contribution in [-0.2, 0) is 25.7 Å². The van der Waals surface area contributed by atoms with Crippen molar-refractivity contribution < 1.29 is 4.74 Å². The highest BCUT2D eigenvalue weighted by atomic mass is 16.5. The molecule has 0 saturated carbocycles. The maximum absolute atomic E-state index is 6.31. The predicted octanol–water partition coefficient (Wildman–Crippen LogP) is 10.5. The van der Waals surface area contributed by atoms with Crippen molar-refractivity contribution >= 4 is 22.7 Å². The molecule has 0 aromatic heterocycles. The summed E-state index contributed by atoms with van der Waals surface area (Å²) in [6.07, 6.45) is 4.72. The molecule has 3 nitrogen and oxygen atoms in total. The molecule has 6 aromatic rings. The van der Waals surface area contributed by atoms with Crippen LogP contribution in [0.3, 0.4) is 0 Å². The van der Waals surface area contributed by atoms with Gasteiger partial charge in [0.15, 0.2) is 0 Å². The molecule has 0 radical (unpaired) electrons. The van der Waals surface area contributed by atoms with Crippen molar-refractivity contribution in [3.63, 3.8) is 0 Å². The van der Waals surface area contributed by atoms with Gasteiger partial charge in [0, 0.05) is 34.9 Å². The van der Waals surface area contributed by atoms with Crippen molar-refractivity contribution in [1.29, 1.82) is 0 Å². The first-order valence-corrected chi connectivity index (χ1v) is 15.1. The van der Waals surface area contributed by atoms with Crippen LogP contribution in [-0.4, -0.2) is 0 Å². The first-order valence-electron chi connectivity index (χ1n) is 15.1. The zero-order chi connectivity index (χ0) is 28.6. The zero-order valence-corrected chi connectivity index (χ0v) is 23.9. The Morgan fingerprint density at radius 3 is 1.26 bits per heavy atom. The van der Waals surface area contributed by atoms with E-state index < -0.39 is 0 Å². The maximum Gasteiger partial charge on any atom is 0.129 e. The van der Waals surface area contributed by atoms with Crippen LogP contribution in [0.2, 0.25) is 0 Å². The number of ether oxygens (including phenoxy) is 1. The van der Waals surface area contributed by atoms with E-state index in [1.807, 2.05) is 36.4 Å². The van der Waals surface area contributed by atoms with Gasteiger partial charge in [-0.15, -0.1) is 0 Å². The van der Waals surface area contributed by atoms with Crippen molar-refractivity contribution in [1.82, 2.24) is 0 Å². The smallest absolute Gasteiger partial charge is 0.129 e. The van der Waals surface area contributed by atoms with Gasteiger partial charge in [0.1, 0.15) is 11.5 Å². The number of fused-ring (bicyclic) bond motifs is 2. The normalized spacial score (nSPS) is 12.7. The zero-order valence-electron chi connectivity index (χ0n) is 23.9. The largest absolute Gasteiger partial charge is 0.457 e. The molecule has 43 heavy (non-hydrogen) atoms. The van der Waals surface area contributed by atoms with Crippen molar-refractivity contribution in [2.75, 3.05) is 10.6 Å². The number of nitrogens with one attached hydrogen (secondary N) is 2. The lowest BCUT2D eigenvalue weighted by molar-refractivity contribution is 0.483. The first-order chi connectivity index (χ1) is 21.2. The van der Waals surface area contributed by atoms with E-state index in [0.29, 0.717) is 0 Å². The number of anilines is 4. The molecule has 0 bridgehead atoms. The molecule has 2 aliphatic rings. The van der Waals surface area contributed by atoms with Gasteiger partial charge in [0.05, 0.1) is 0 Å². The van der Waals surface area contributed by atoms with E-state index >= 15 is 0 Å². The summed E-state index contributed by atoms with van der Waals surface area (Å²) in [6, 6.07) is 46.9. The van der Waals surface area contributed by atoms with Crippen LogP contribution in [0.1, 0.15) is 22.3 Å². The van der Waals surface area contributed by atoms with E-state index in [1.165, 1.54) is 70.2 Å². The summed E-state index contributed by atoms with van der Waals surface area (Å²) in [6.45, 7) is 0. The lowest BCUT2D eigenvalue weighted by Gasteiger charge is -2.22. The molecule has 2 N–H and O–H groups in total. The molecular formula is C40H32N2O. The van der Waals surface area contributed by atoms with E-state index in [1.54, 1.807) is 0 Å². The van der Waals surface area contributed by atoms with Gasteiger partial charge in [-0.2, -0.15) is 0 Å². The Bertz CT molecular complexity index is 1830. The summed E-state index contributed by atoms with van der Waals surface area (Å²) in [4.78, 5) is 0. The molecule has 208 valence electrons. The molecule has 0 aliphatic heterocycles. The molecular weight excluding hydrogens is 524 g/mol. The Morgan fingerprint density at radius 1 is 0.395 bits per heavy atom. The highest BCUT2D eigenvalue weighted by Gasteiger charge is 2.18. The molecule has 6 aromatic carbocycles. The molecule has 8 rings (SSSR count). The van der Waals surface area contributed by atoms with Gasteiger partial charge < -0.3 is 15.4 Å². The third kappa shape index (κ3) is 5.15. The molecule has 2 aliphatic carbocycles. The van der Waals surface area contributed by atoms with E-state index in [0.717, 1.165) is 34.2 Å². The van der Waals surface area contributed by atoms with E-state index in [9.17, 15) is 0 Å². The fourth-order valence-electron chi connectivity index (χ4n) is 6.31. The Hall–Kier alpha value is -5.28. The minimum atomic E-state index is 0.784. The number of hydrogen-bond acceptors (Lipinski definition) is 3. The van der Waals surface area contributed by atoms with Gasteiger partial charge in [0.2, 0.25) is 0 Å². The van der Waals surface area contributed by atoms with Crippen LogP contribution >= 0.6 is 0 Å². The monoisotopic (exact) mass is 556 g/mol. The quantitative estimate of drug-likeness (QED) is 0.196. The first kappa shape index (κ1) is 25.4. The van der Waals surface area contributed by atoms with Crippen molar-refractivity contribution in [3.05, 3.63) is 156 Å². The topological polar surface area (TPSA) is 33.3 Å². The molecule has 0 spiro atoms. The Labute approximate surface area is 252 Å². The van der Waals surface area contributed by atoms with Gasteiger partial charge in [-0.05, 0) is 119 Å². The molecule has 0 heterocycles. The molecule has 0 atom stereocenters. The number of benzene rings is 6. The number of hydrogen-bond donors (Lipinski definition) is 2. The summed E-state index contributed by atoms with van der Waals surface area (Å²) < 4.78 is 6.31. The minimum absolute atomic E-state index is 0.784. The number of aryl methyl sites for hydroxylation is 2. The second-order valence-electron chi connectivity index (χ2n) is 11.5. The lowest BCUT2D eigenvalue weighted by Crippen LogP contribution is -2.09. The molecule has 0 unspecified atom stereocenters. The minimum Gasteiger partial charge on any atom is -0.457 e. The second-order valence-corrected chi connectivity index (χ2v) is 11.5. The average Bonchev–Trinajstić information content (AvgIpc) is 2.99. The third-order valence-corrected chi connectivity index (χ3v) is 8.66. The lowest BCUT2D eigenvalue weighted by atomic mass is 9.82. The van der Waals surface area contributed by atoms with Gasteiger partial charge in [-0.1, -0.05) is 72.8 Å². The summed E-state index contributed by atoms with van der Waals surface area (Å²) in [7, 11) is 0. The molecule has 0 fully saturated rings. The van der Waals surface area contributed by atoms with Crippen LogP contribution < -0.4 is 15.4 Å². The fourth-order valence-corrected chi connectivity index (χ4v) is 6.31. The summed E-state index contributed by atoms with van der Waals surface area (Å²) in [5.41, 5.74) is 15.2. The van der Waals surface area contributed by atoms with Crippen LogP contribution in [0.5, 0.6) is 11.5 Å². The Kier molecular flexibility index (Phi) is 6.42. The van der Waals surface area contributed by atoms with Crippen LogP contribution in [0.4, 0.5) is 22.7 Å².